The first-order valence-corrected chi connectivity index (χ1v) is 6.39. The van der Waals surface area contributed by atoms with Gasteiger partial charge in [0.15, 0.2) is 0 Å². The summed E-state index contributed by atoms with van der Waals surface area (Å²) in [5, 5.41) is 1.10. The number of nitrogens with two attached hydrogens (primary N) is 1. The van der Waals surface area contributed by atoms with E-state index in [-0.39, 0.29) is 6.04 Å². The summed E-state index contributed by atoms with van der Waals surface area (Å²) in [6.45, 7) is 0. The van der Waals surface area contributed by atoms with Crippen molar-refractivity contribution in [3.05, 3.63) is 64.7 Å². The summed E-state index contributed by atoms with van der Waals surface area (Å²) < 4.78 is 6.25. The molecule has 90 valence electrons. The van der Waals surface area contributed by atoms with Gasteiger partial charge in [0.25, 0.3) is 0 Å². The van der Waals surface area contributed by atoms with E-state index in [2.05, 4.69) is 20.9 Å². The maximum atomic E-state index is 6.17. The quantitative estimate of drug-likeness (QED) is 0.786. The predicted octanol–water partition coefficient (Wildman–Crippen LogP) is 3.64. The second-order valence-electron chi connectivity index (χ2n) is 4.04. The van der Waals surface area contributed by atoms with Crippen molar-refractivity contribution in [1.29, 1.82) is 0 Å². The molecule has 4 heteroatoms. The van der Waals surface area contributed by atoms with Gasteiger partial charge in [-0.15, -0.1) is 0 Å². The molecule has 2 aromatic heterocycles. The average molecular weight is 303 g/mol. The van der Waals surface area contributed by atoms with Crippen molar-refractivity contribution in [3.8, 4) is 0 Å². The summed E-state index contributed by atoms with van der Waals surface area (Å²) in [5.74, 6) is 0.692. The van der Waals surface area contributed by atoms with Crippen molar-refractivity contribution in [1.82, 2.24) is 4.98 Å². The van der Waals surface area contributed by atoms with E-state index in [1.807, 2.05) is 42.5 Å². The van der Waals surface area contributed by atoms with Gasteiger partial charge in [0.2, 0.25) is 0 Å². The Labute approximate surface area is 113 Å². The molecule has 0 radical (unpaired) electrons. The van der Waals surface area contributed by atoms with Crippen molar-refractivity contribution in [3.63, 3.8) is 0 Å². The number of rotatable bonds is 2. The molecule has 3 aromatic rings. The van der Waals surface area contributed by atoms with Gasteiger partial charge in [0.05, 0.1) is 21.9 Å². The SMILES string of the molecule is NC(c1ccc2ccccc2n1)c1occc1Br. The fourth-order valence-corrected chi connectivity index (χ4v) is 2.36. The normalized spacial score (nSPS) is 12.8. The Morgan fingerprint density at radius 2 is 1.94 bits per heavy atom. The highest BCUT2D eigenvalue weighted by Gasteiger charge is 2.17. The third kappa shape index (κ3) is 1.94. The molecule has 1 unspecified atom stereocenters. The number of aromatic nitrogens is 1. The second kappa shape index (κ2) is 4.55. The Morgan fingerprint density at radius 3 is 2.72 bits per heavy atom. The Bertz CT molecular complexity index is 693. The van der Waals surface area contributed by atoms with Crippen molar-refractivity contribution in [2.75, 3.05) is 0 Å². The molecule has 0 amide bonds. The van der Waals surface area contributed by atoms with Gasteiger partial charge in [-0.1, -0.05) is 24.3 Å². The summed E-state index contributed by atoms with van der Waals surface area (Å²) in [6.07, 6.45) is 1.61. The second-order valence-corrected chi connectivity index (χ2v) is 4.89. The van der Waals surface area contributed by atoms with Gasteiger partial charge in [-0.3, -0.25) is 4.98 Å². The Balaban J connectivity index is 2.07. The van der Waals surface area contributed by atoms with Crippen LogP contribution in [0.4, 0.5) is 0 Å². The minimum atomic E-state index is -0.362. The number of benzene rings is 1. The van der Waals surface area contributed by atoms with Crippen molar-refractivity contribution in [2.24, 2.45) is 5.73 Å². The number of pyridine rings is 1. The molecular formula is C14H11BrN2O. The van der Waals surface area contributed by atoms with Crippen LogP contribution < -0.4 is 5.73 Å². The lowest BCUT2D eigenvalue weighted by molar-refractivity contribution is 0.484. The molecule has 0 saturated heterocycles. The van der Waals surface area contributed by atoms with Gasteiger partial charge in [0.1, 0.15) is 11.8 Å². The molecule has 18 heavy (non-hydrogen) atoms. The van der Waals surface area contributed by atoms with Crippen LogP contribution in [0.1, 0.15) is 17.5 Å². The van der Waals surface area contributed by atoms with Crippen LogP contribution >= 0.6 is 15.9 Å². The standard InChI is InChI=1S/C14H11BrN2O/c15-10-7-8-18-14(10)13(16)12-6-5-9-3-1-2-4-11(9)17-12/h1-8,13H,16H2. The molecule has 3 nitrogen and oxygen atoms in total. The van der Waals surface area contributed by atoms with Crippen LogP contribution in [0.25, 0.3) is 10.9 Å². The molecule has 1 atom stereocenters. The zero-order valence-corrected chi connectivity index (χ0v) is 11.1. The molecule has 0 aliphatic heterocycles. The summed E-state index contributed by atoms with van der Waals surface area (Å²) in [4.78, 5) is 4.57. The van der Waals surface area contributed by atoms with E-state index >= 15 is 0 Å². The lowest BCUT2D eigenvalue weighted by atomic mass is 10.1. The molecule has 0 aliphatic rings. The van der Waals surface area contributed by atoms with Gasteiger partial charge < -0.3 is 10.2 Å². The average Bonchev–Trinajstić information content (AvgIpc) is 2.83. The number of furan rings is 1. The molecule has 0 spiro atoms. The van der Waals surface area contributed by atoms with Crippen molar-refractivity contribution in [2.45, 2.75) is 6.04 Å². The first-order valence-electron chi connectivity index (χ1n) is 5.60. The highest BCUT2D eigenvalue weighted by molar-refractivity contribution is 9.10. The third-order valence-electron chi connectivity index (χ3n) is 2.87. The van der Waals surface area contributed by atoms with Crippen LogP contribution in [-0.4, -0.2) is 4.98 Å². The molecule has 1 aromatic carbocycles. The monoisotopic (exact) mass is 302 g/mol. The van der Waals surface area contributed by atoms with Crippen LogP contribution in [0.3, 0.4) is 0 Å². The predicted molar refractivity (Wildman–Crippen MR) is 74.2 cm³/mol. The van der Waals surface area contributed by atoms with Gasteiger partial charge in [0, 0.05) is 5.39 Å². The summed E-state index contributed by atoms with van der Waals surface area (Å²) in [6, 6.07) is 13.4. The minimum Gasteiger partial charge on any atom is -0.466 e. The summed E-state index contributed by atoms with van der Waals surface area (Å²) >= 11 is 3.41. The van der Waals surface area contributed by atoms with Crippen LogP contribution in [0.15, 0.2) is 57.6 Å². The molecule has 0 bridgehead atoms. The maximum Gasteiger partial charge on any atom is 0.140 e. The van der Waals surface area contributed by atoms with Crippen molar-refractivity contribution < 1.29 is 4.42 Å². The van der Waals surface area contributed by atoms with Crippen LogP contribution in [0.5, 0.6) is 0 Å². The molecule has 2 heterocycles. The van der Waals surface area contributed by atoms with E-state index in [1.54, 1.807) is 6.26 Å². The van der Waals surface area contributed by atoms with Gasteiger partial charge >= 0.3 is 0 Å². The topological polar surface area (TPSA) is 52.0 Å². The lowest BCUT2D eigenvalue weighted by Crippen LogP contribution is -2.13. The zero-order valence-electron chi connectivity index (χ0n) is 9.51. The number of halogens is 1. The van der Waals surface area contributed by atoms with Crippen molar-refractivity contribution >= 4 is 26.8 Å². The van der Waals surface area contributed by atoms with Crippen LogP contribution in [-0.2, 0) is 0 Å². The number of hydrogen-bond donors (Lipinski definition) is 1. The molecule has 0 aliphatic carbocycles. The van der Waals surface area contributed by atoms with Crippen LogP contribution in [0, 0.1) is 0 Å². The highest BCUT2D eigenvalue weighted by atomic mass is 79.9. The number of hydrogen-bond acceptors (Lipinski definition) is 3. The number of nitrogens with zero attached hydrogens (tertiary/aromatic N) is 1. The number of para-hydroxylation sites is 1. The Morgan fingerprint density at radius 1 is 1.11 bits per heavy atom. The van der Waals surface area contributed by atoms with Gasteiger partial charge in [-0.2, -0.15) is 0 Å². The zero-order chi connectivity index (χ0) is 12.5. The first kappa shape index (κ1) is 11.4. The van der Waals surface area contributed by atoms with E-state index in [9.17, 15) is 0 Å². The van der Waals surface area contributed by atoms with E-state index in [1.165, 1.54) is 0 Å². The first-order chi connectivity index (χ1) is 8.75. The lowest BCUT2D eigenvalue weighted by Gasteiger charge is -2.10. The van der Waals surface area contributed by atoms with E-state index in [4.69, 9.17) is 10.2 Å². The molecule has 0 fully saturated rings. The maximum absolute atomic E-state index is 6.17. The largest absolute Gasteiger partial charge is 0.466 e. The highest BCUT2D eigenvalue weighted by Crippen LogP contribution is 2.27. The van der Waals surface area contributed by atoms with E-state index in [0.29, 0.717) is 5.76 Å². The fourth-order valence-electron chi connectivity index (χ4n) is 1.92. The third-order valence-corrected chi connectivity index (χ3v) is 3.52. The molecule has 0 saturated carbocycles. The molecule has 3 rings (SSSR count). The summed E-state index contributed by atoms with van der Waals surface area (Å²) in [5.41, 5.74) is 7.90. The molecular weight excluding hydrogens is 292 g/mol. The van der Waals surface area contributed by atoms with E-state index in [0.717, 1.165) is 21.1 Å². The summed E-state index contributed by atoms with van der Waals surface area (Å²) in [7, 11) is 0. The number of fused-ring (bicyclic) bond motifs is 1. The van der Waals surface area contributed by atoms with Crippen LogP contribution in [0.2, 0.25) is 0 Å². The smallest absolute Gasteiger partial charge is 0.140 e. The van der Waals surface area contributed by atoms with E-state index < -0.39 is 0 Å². The Hall–Kier alpha value is -1.65. The van der Waals surface area contributed by atoms with Gasteiger partial charge in [-0.25, -0.2) is 0 Å². The molecule has 2 N–H and O–H groups in total. The minimum absolute atomic E-state index is 0.362. The van der Waals surface area contributed by atoms with Gasteiger partial charge in [-0.05, 0) is 34.1 Å². The Kier molecular flexibility index (Phi) is 2.89. The fraction of sp³-hybridized carbons (Fsp3) is 0.0714.